The summed E-state index contributed by atoms with van der Waals surface area (Å²) in [5, 5.41) is 15.4. The van der Waals surface area contributed by atoms with Crippen molar-refractivity contribution >= 4 is 46.8 Å². The molecule has 238 valence electrons. The van der Waals surface area contributed by atoms with Gasteiger partial charge in [0.25, 0.3) is 5.69 Å². The number of nitro benzene ring substituents is 1. The van der Waals surface area contributed by atoms with E-state index in [1.165, 1.54) is 29.2 Å². The number of nitro groups is 1. The zero-order chi connectivity index (χ0) is 32.8. The Labute approximate surface area is 275 Å². The first-order valence-corrected chi connectivity index (χ1v) is 15.4. The van der Waals surface area contributed by atoms with Gasteiger partial charge in [0, 0.05) is 29.3 Å². The maximum absolute atomic E-state index is 13.1. The monoisotopic (exact) mass is 663 g/mol. The summed E-state index contributed by atoms with van der Waals surface area (Å²) in [5.74, 6) is -0.191. The van der Waals surface area contributed by atoms with Gasteiger partial charge in [-0.2, -0.15) is 0 Å². The number of hydrogen-bond acceptors (Lipinski definition) is 9. The molecule has 5 rings (SSSR count). The first kappa shape index (κ1) is 32.6. The summed E-state index contributed by atoms with van der Waals surface area (Å²) in [6.07, 6.45) is -0.274. The van der Waals surface area contributed by atoms with Gasteiger partial charge in [-0.15, -0.1) is 0 Å². The van der Waals surface area contributed by atoms with Crippen molar-refractivity contribution < 1.29 is 24.0 Å². The highest BCUT2D eigenvalue weighted by atomic mass is 35.5. The molecule has 1 fully saturated rings. The number of nitrogens with one attached hydrogen (secondary N) is 1. The molecule has 2 heterocycles. The second kappa shape index (κ2) is 14.6. The van der Waals surface area contributed by atoms with E-state index in [0.717, 1.165) is 5.56 Å². The van der Waals surface area contributed by atoms with E-state index in [9.17, 15) is 19.7 Å². The molecule has 11 nitrogen and oxygen atoms in total. The minimum atomic E-state index is -0.797. The van der Waals surface area contributed by atoms with E-state index in [-0.39, 0.29) is 30.9 Å². The lowest BCUT2D eigenvalue weighted by atomic mass is 10.1. The van der Waals surface area contributed by atoms with Gasteiger partial charge in [-0.3, -0.25) is 10.1 Å². The van der Waals surface area contributed by atoms with Gasteiger partial charge in [-0.1, -0.05) is 67.4 Å². The van der Waals surface area contributed by atoms with Crippen LogP contribution in [-0.2, 0) is 28.9 Å². The summed E-state index contributed by atoms with van der Waals surface area (Å²) < 4.78 is 11.4. The highest BCUT2D eigenvalue weighted by Crippen LogP contribution is 2.33. The van der Waals surface area contributed by atoms with Crippen LogP contribution in [0.4, 0.5) is 16.3 Å². The maximum Gasteiger partial charge on any atom is 0.410 e. The number of rotatable bonds is 10. The average molecular weight is 665 g/mol. The number of carbonyl (C=O) groups is 2. The molecular weight excluding hydrogens is 633 g/mol. The van der Waals surface area contributed by atoms with E-state index in [1.807, 2.05) is 50.2 Å². The van der Waals surface area contributed by atoms with Crippen molar-refractivity contribution in [2.45, 2.75) is 45.4 Å². The Bertz CT molecular complexity index is 1740. The molecule has 1 amide bonds. The van der Waals surface area contributed by atoms with Crippen molar-refractivity contribution in [3.8, 4) is 11.3 Å². The number of amides is 1. The van der Waals surface area contributed by atoms with E-state index in [1.54, 1.807) is 12.1 Å². The molecule has 1 saturated heterocycles. The number of esters is 1. The summed E-state index contributed by atoms with van der Waals surface area (Å²) in [4.78, 5) is 48.1. The van der Waals surface area contributed by atoms with E-state index in [4.69, 9.17) is 42.6 Å². The van der Waals surface area contributed by atoms with Crippen molar-refractivity contribution in [2.24, 2.45) is 0 Å². The quantitative estimate of drug-likeness (QED) is 0.107. The van der Waals surface area contributed by atoms with Gasteiger partial charge in [0.15, 0.2) is 0 Å². The molecule has 46 heavy (non-hydrogen) atoms. The number of benzene rings is 3. The molecular formula is C33H31Cl2N5O6. The molecule has 0 bridgehead atoms. The Morgan fingerprint density at radius 2 is 1.70 bits per heavy atom. The lowest BCUT2D eigenvalue weighted by Gasteiger charge is -2.22. The molecule has 0 aliphatic carbocycles. The molecule has 0 spiro atoms. The number of aromatic nitrogens is 2. The Morgan fingerprint density at radius 1 is 0.978 bits per heavy atom. The van der Waals surface area contributed by atoms with Crippen LogP contribution in [0.15, 0.2) is 72.8 Å². The van der Waals surface area contributed by atoms with Gasteiger partial charge >= 0.3 is 12.1 Å². The standard InChI is InChI=1S/C33H31Cl2N5O6/c1-3-26-30(24-15-12-22(34)16-25(24)35)36-27(4-2)31(37-26)38-28-17-39(33(42)45-19-20-8-6-5-7-9-20)18-29(28)46-32(41)21-10-13-23(14-11-21)40(43)44/h5-16,28-29H,3-4,17-19H2,1-2H3,(H,37,38). The number of ether oxygens (including phenoxy) is 2. The number of aryl methyl sites for hydroxylation is 2. The number of anilines is 1. The lowest BCUT2D eigenvalue weighted by molar-refractivity contribution is -0.384. The van der Waals surface area contributed by atoms with Crippen LogP contribution >= 0.6 is 23.2 Å². The number of likely N-dealkylation sites (tertiary alicyclic amines) is 1. The minimum absolute atomic E-state index is 0.0536. The van der Waals surface area contributed by atoms with Gasteiger partial charge in [0.2, 0.25) is 0 Å². The predicted octanol–water partition coefficient (Wildman–Crippen LogP) is 7.14. The summed E-state index contributed by atoms with van der Waals surface area (Å²) in [7, 11) is 0. The molecule has 3 aromatic carbocycles. The Kier molecular flexibility index (Phi) is 10.3. The molecule has 1 aliphatic rings. The molecule has 0 saturated carbocycles. The van der Waals surface area contributed by atoms with Crippen LogP contribution in [0.1, 0.15) is 41.2 Å². The fraction of sp³-hybridized carbons (Fsp3) is 0.273. The SMILES string of the molecule is CCc1nc(-c2ccc(Cl)cc2Cl)c(CC)nc1NC1CN(C(=O)OCc2ccccc2)CC1OC(=O)c1ccc([N+](=O)[O-])cc1. The van der Waals surface area contributed by atoms with Crippen molar-refractivity contribution in [1.82, 2.24) is 14.9 Å². The first-order valence-electron chi connectivity index (χ1n) is 14.7. The van der Waals surface area contributed by atoms with Crippen LogP contribution in [-0.4, -0.2) is 57.1 Å². The van der Waals surface area contributed by atoms with E-state index < -0.39 is 29.1 Å². The molecule has 2 unspecified atom stereocenters. The normalized spacial score (nSPS) is 15.8. The van der Waals surface area contributed by atoms with Crippen LogP contribution in [0.3, 0.4) is 0 Å². The van der Waals surface area contributed by atoms with Crippen LogP contribution < -0.4 is 5.32 Å². The highest BCUT2D eigenvalue weighted by Gasteiger charge is 2.39. The highest BCUT2D eigenvalue weighted by molar-refractivity contribution is 6.36. The second-order valence-corrected chi connectivity index (χ2v) is 11.4. The molecule has 0 radical (unpaired) electrons. The summed E-state index contributed by atoms with van der Waals surface area (Å²) >= 11 is 12.6. The van der Waals surface area contributed by atoms with Crippen LogP contribution in [0.25, 0.3) is 11.3 Å². The third-order valence-electron chi connectivity index (χ3n) is 7.52. The number of non-ortho nitro benzene ring substituents is 1. The number of halogens is 2. The van der Waals surface area contributed by atoms with Crippen LogP contribution in [0.5, 0.6) is 0 Å². The second-order valence-electron chi connectivity index (χ2n) is 10.6. The van der Waals surface area contributed by atoms with Crippen molar-refractivity contribution in [1.29, 1.82) is 0 Å². The topological polar surface area (TPSA) is 137 Å². The molecule has 1 aliphatic heterocycles. The summed E-state index contributed by atoms with van der Waals surface area (Å²) in [6, 6.07) is 19.1. The fourth-order valence-corrected chi connectivity index (χ4v) is 5.60. The fourth-order valence-electron chi connectivity index (χ4n) is 5.10. The minimum Gasteiger partial charge on any atom is -0.455 e. The van der Waals surface area contributed by atoms with Crippen molar-refractivity contribution in [3.63, 3.8) is 0 Å². The number of hydrogen-bond donors (Lipinski definition) is 1. The van der Waals surface area contributed by atoms with E-state index in [2.05, 4.69) is 5.32 Å². The Balaban J connectivity index is 1.41. The Hall–Kier alpha value is -4.74. The third kappa shape index (κ3) is 7.55. The van der Waals surface area contributed by atoms with Crippen LogP contribution in [0.2, 0.25) is 10.0 Å². The summed E-state index contributed by atoms with van der Waals surface area (Å²) in [6.45, 7) is 4.20. The van der Waals surface area contributed by atoms with Gasteiger partial charge < -0.3 is 19.7 Å². The first-order chi connectivity index (χ1) is 22.2. The molecule has 13 heteroatoms. The van der Waals surface area contributed by atoms with Crippen molar-refractivity contribution in [3.05, 3.63) is 115 Å². The number of carbonyl (C=O) groups excluding carboxylic acids is 2. The van der Waals surface area contributed by atoms with Gasteiger partial charge in [-0.25, -0.2) is 19.6 Å². The molecule has 4 aromatic rings. The lowest BCUT2D eigenvalue weighted by Crippen LogP contribution is -2.36. The van der Waals surface area contributed by atoms with Gasteiger partial charge in [0.1, 0.15) is 18.5 Å². The predicted molar refractivity (Wildman–Crippen MR) is 174 cm³/mol. The van der Waals surface area contributed by atoms with Gasteiger partial charge in [0.05, 0.1) is 45.2 Å². The van der Waals surface area contributed by atoms with Crippen LogP contribution in [0, 0.1) is 10.1 Å². The zero-order valence-electron chi connectivity index (χ0n) is 25.1. The smallest absolute Gasteiger partial charge is 0.410 e. The summed E-state index contributed by atoms with van der Waals surface area (Å²) in [5.41, 5.74) is 3.53. The number of nitrogens with zero attached hydrogens (tertiary/aromatic N) is 4. The zero-order valence-corrected chi connectivity index (χ0v) is 26.6. The third-order valence-corrected chi connectivity index (χ3v) is 8.07. The maximum atomic E-state index is 13.1. The Morgan fingerprint density at radius 3 is 2.35 bits per heavy atom. The van der Waals surface area contributed by atoms with Crippen molar-refractivity contribution in [2.75, 3.05) is 18.4 Å². The van der Waals surface area contributed by atoms with E-state index in [0.29, 0.717) is 51.4 Å². The molecule has 1 aromatic heterocycles. The van der Waals surface area contributed by atoms with Gasteiger partial charge in [-0.05, 0) is 48.7 Å². The van der Waals surface area contributed by atoms with E-state index >= 15 is 0 Å². The largest absolute Gasteiger partial charge is 0.455 e. The molecule has 1 N–H and O–H groups in total. The average Bonchev–Trinajstić information content (AvgIpc) is 3.45. The molecule has 2 atom stereocenters.